The highest BCUT2D eigenvalue weighted by molar-refractivity contribution is 6.07. The van der Waals surface area contributed by atoms with Crippen molar-refractivity contribution < 1.29 is 4.79 Å². The van der Waals surface area contributed by atoms with Crippen LogP contribution in [0.1, 0.15) is 54.9 Å². The van der Waals surface area contributed by atoms with E-state index in [4.69, 9.17) is 4.98 Å². The number of hydrogen-bond acceptors (Lipinski definition) is 2. The number of carbonyl (C=O) groups excluding carboxylic acids is 1. The van der Waals surface area contributed by atoms with Crippen molar-refractivity contribution in [2.24, 2.45) is 0 Å². The largest absolute Gasteiger partial charge is 0.294 e. The first kappa shape index (κ1) is 13.7. The molecular formula is C17H21NO. The van der Waals surface area contributed by atoms with E-state index in [1.807, 2.05) is 12.1 Å². The summed E-state index contributed by atoms with van der Waals surface area (Å²) in [5.41, 5.74) is 5.01. The summed E-state index contributed by atoms with van der Waals surface area (Å²) in [5, 5.41) is 0.962. The average molecular weight is 255 g/mol. The summed E-state index contributed by atoms with van der Waals surface area (Å²) in [5.74, 6) is 0.0983. The van der Waals surface area contributed by atoms with Crippen molar-refractivity contribution >= 4 is 16.7 Å². The summed E-state index contributed by atoms with van der Waals surface area (Å²) in [6.07, 6.45) is 0. The number of ketones is 1. The van der Waals surface area contributed by atoms with Gasteiger partial charge in [-0.15, -0.1) is 0 Å². The van der Waals surface area contributed by atoms with Crippen LogP contribution >= 0.6 is 0 Å². The lowest BCUT2D eigenvalue weighted by molar-refractivity contribution is 0.101. The molecule has 0 fully saturated rings. The molecule has 19 heavy (non-hydrogen) atoms. The van der Waals surface area contributed by atoms with Gasteiger partial charge in [-0.25, -0.2) is 0 Å². The Kier molecular flexibility index (Phi) is 3.21. The van der Waals surface area contributed by atoms with Crippen molar-refractivity contribution in [2.75, 3.05) is 0 Å². The molecule has 1 heterocycles. The van der Waals surface area contributed by atoms with Gasteiger partial charge in [0, 0.05) is 22.1 Å². The Balaban J connectivity index is 2.92. The molecule has 0 atom stereocenters. The second-order valence-electron chi connectivity index (χ2n) is 6.26. The lowest BCUT2D eigenvalue weighted by atomic mass is 9.88. The van der Waals surface area contributed by atoms with Gasteiger partial charge in [0.25, 0.3) is 0 Å². The van der Waals surface area contributed by atoms with Gasteiger partial charge >= 0.3 is 0 Å². The smallest absolute Gasteiger partial charge is 0.160 e. The molecule has 2 nitrogen and oxygen atoms in total. The van der Waals surface area contributed by atoms with Gasteiger partial charge in [-0.1, -0.05) is 32.9 Å². The highest BCUT2D eigenvalue weighted by atomic mass is 16.1. The van der Waals surface area contributed by atoms with E-state index in [2.05, 4.69) is 40.7 Å². The maximum absolute atomic E-state index is 11.9. The van der Waals surface area contributed by atoms with Crippen molar-refractivity contribution in [1.29, 1.82) is 0 Å². The molecule has 100 valence electrons. The number of benzene rings is 1. The van der Waals surface area contributed by atoms with Gasteiger partial charge in [-0.05, 0) is 38.0 Å². The highest BCUT2D eigenvalue weighted by Gasteiger charge is 2.20. The minimum atomic E-state index is -0.0609. The Hall–Kier alpha value is -1.70. The third-order valence-corrected chi connectivity index (χ3v) is 3.65. The lowest BCUT2D eigenvalue weighted by Crippen LogP contribution is -2.15. The molecule has 1 aromatic carbocycles. The third kappa shape index (κ3) is 2.40. The molecule has 0 unspecified atom stereocenters. The van der Waals surface area contributed by atoms with Crippen LogP contribution in [0.25, 0.3) is 10.9 Å². The van der Waals surface area contributed by atoms with Gasteiger partial charge in [0.15, 0.2) is 5.78 Å². The molecular weight excluding hydrogens is 234 g/mol. The van der Waals surface area contributed by atoms with Crippen LogP contribution in [0, 0.1) is 13.8 Å². The van der Waals surface area contributed by atoms with Gasteiger partial charge in [-0.3, -0.25) is 9.78 Å². The number of nitrogens with zero attached hydrogens (tertiary/aromatic N) is 1. The monoisotopic (exact) mass is 255 g/mol. The van der Waals surface area contributed by atoms with Gasteiger partial charge in [-0.2, -0.15) is 0 Å². The van der Waals surface area contributed by atoms with Crippen LogP contribution in [0.15, 0.2) is 18.2 Å². The second-order valence-corrected chi connectivity index (χ2v) is 6.26. The molecule has 0 aliphatic rings. The van der Waals surface area contributed by atoms with Crippen molar-refractivity contribution in [2.45, 2.75) is 47.0 Å². The van der Waals surface area contributed by atoms with Crippen LogP contribution in [0.3, 0.4) is 0 Å². The molecule has 2 aromatic rings. The summed E-state index contributed by atoms with van der Waals surface area (Å²) in [6.45, 7) is 12.1. The fourth-order valence-electron chi connectivity index (χ4n) is 2.21. The molecule has 0 saturated heterocycles. The van der Waals surface area contributed by atoms with Crippen LogP contribution in [-0.4, -0.2) is 10.8 Å². The fraction of sp³-hybridized carbons (Fsp3) is 0.412. The van der Waals surface area contributed by atoms with E-state index in [9.17, 15) is 4.79 Å². The minimum absolute atomic E-state index is 0.0609. The summed E-state index contributed by atoms with van der Waals surface area (Å²) < 4.78 is 0. The number of aryl methyl sites for hydroxylation is 2. The SMILES string of the molecule is CC(=O)c1cc(C(C)(C)C)nc2c(C)c(C)ccc12. The number of hydrogen-bond donors (Lipinski definition) is 0. The number of rotatable bonds is 1. The summed E-state index contributed by atoms with van der Waals surface area (Å²) >= 11 is 0. The van der Waals surface area contributed by atoms with Crippen molar-refractivity contribution in [3.8, 4) is 0 Å². The van der Waals surface area contributed by atoms with Crippen LogP contribution in [0.5, 0.6) is 0 Å². The zero-order chi connectivity index (χ0) is 14.4. The number of Topliss-reactive ketones (excluding diaryl/α,β-unsaturated/α-hetero) is 1. The van der Waals surface area contributed by atoms with Crippen LogP contribution in [-0.2, 0) is 5.41 Å². The Morgan fingerprint density at radius 3 is 2.32 bits per heavy atom. The highest BCUT2D eigenvalue weighted by Crippen LogP contribution is 2.29. The van der Waals surface area contributed by atoms with Crippen LogP contribution in [0.2, 0.25) is 0 Å². The Morgan fingerprint density at radius 1 is 1.16 bits per heavy atom. The van der Waals surface area contributed by atoms with Crippen molar-refractivity contribution in [1.82, 2.24) is 4.98 Å². The Labute approximate surface area is 114 Å². The molecule has 0 radical (unpaired) electrons. The number of pyridine rings is 1. The van der Waals surface area contributed by atoms with E-state index in [0.29, 0.717) is 0 Å². The fourth-order valence-corrected chi connectivity index (χ4v) is 2.21. The van der Waals surface area contributed by atoms with Gasteiger partial charge < -0.3 is 0 Å². The number of fused-ring (bicyclic) bond motifs is 1. The lowest BCUT2D eigenvalue weighted by Gasteiger charge is -2.20. The van der Waals surface area contributed by atoms with Crippen LogP contribution in [0.4, 0.5) is 0 Å². The van der Waals surface area contributed by atoms with E-state index in [0.717, 1.165) is 27.7 Å². The van der Waals surface area contributed by atoms with Gasteiger partial charge in [0.1, 0.15) is 0 Å². The van der Waals surface area contributed by atoms with E-state index in [-0.39, 0.29) is 11.2 Å². The molecule has 0 N–H and O–H groups in total. The predicted octanol–water partition coefficient (Wildman–Crippen LogP) is 4.35. The molecule has 1 aromatic heterocycles. The molecule has 0 saturated carbocycles. The predicted molar refractivity (Wildman–Crippen MR) is 79.9 cm³/mol. The molecule has 0 aliphatic heterocycles. The minimum Gasteiger partial charge on any atom is -0.294 e. The summed E-state index contributed by atoms with van der Waals surface area (Å²) in [4.78, 5) is 16.7. The molecule has 0 aliphatic carbocycles. The maximum Gasteiger partial charge on any atom is 0.160 e. The molecule has 2 rings (SSSR count). The molecule has 0 spiro atoms. The van der Waals surface area contributed by atoms with Crippen molar-refractivity contribution in [3.63, 3.8) is 0 Å². The first-order chi connectivity index (χ1) is 8.71. The van der Waals surface area contributed by atoms with Crippen LogP contribution < -0.4 is 0 Å². The normalized spacial score (nSPS) is 11.9. The topological polar surface area (TPSA) is 30.0 Å². The first-order valence-corrected chi connectivity index (χ1v) is 6.64. The Morgan fingerprint density at radius 2 is 1.79 bits per heavy atom. The third-order valence-electron chi connectivity index (χ3n) is 3.65. The standard InChI is InChI=1S/C17H21NO/c1-10-7-8-13-14(12(3)19)9-15(17(4,5)6)18-16(13)11(10)2/h7-9H,1-6H3. The maximum atomic E-state index is 11.9. The van der Waals surface area contributed by atoms with E-state index in [1.54, 1.807) is 6.92 Å². The van der Waals surface area contributed by atoms with E-state index in [1.165, 1.54) is 5.56 Å². The molecule has 2 heteroatoms. The summed E-state index contributed by atoms with van der Waals surface area (Å²) in [6, 6.07) is 6.01. The zero-order valence-electron chi connectivity index (χ0n) is 12.6. The average Bonchev–Trinajstić information content (AvgIpc) is 2.31. The van der Waals surface area contributed by atoms with Crippen molar-refractivity contribution in [3.05, 3.63) is 40.6 Å². The zero-order valence-corrected chi connectivity index (χ0v) is 12.6. The molecule has 0 amide bonds. The number of aromatic nitrogens is 1. The number of carbonyl (C=O) groups is 1. The van der Waals surface area contributed by atoms with Gasteiger partial charge in [0.05, 0.1) is 5.52 Å². The van der Waals surface area contributed by atoms with E-state index >= 15 is 0 Å². The quantitative estimate of drug-likeness (QED) is 0.709. The van der Waals surface area contributed by atoms with Gasteiger partial charge in [0.2, 0.25) is 0 Å². The second kappa shape index (κ2) is 4.44. The first-order valence-electron chi connectivity index (χ1n) is 6.64. The van der Waals surface area contributed by atoms with E-state index < -0.39 is 0 Å². The molecule has 0 bridgehead atoms. The Bertz CT molecular complexity index is 663. The summed E-state index contributed by atoms with van der Waals surface area (Å²) in [7, 11) is 0.